The second-order valence-corrected chi connectivity index (χ2v) is 4.45. The first-order chi connectivity index (χ1) is 9.04. The third kappa shape index (κ3) is 2.70. The molecule has 8 heteroatoms. The van der Waals surface area contributed by atoms with E-state index in [9.17, 15) is 4.79 Å². The van der Waals surface area contributed by atoms with E-state index in [4.69, 9.17) is 33.0 Å². The number of hydrogen-bond donors (Lipinski definition) is 1. The molecule has 2 aromatic rings. The maximum absolute atomic E-state index is 11.0. The Hall–Kier alpha value is -1.63. The molecule has 100 valence electrons. The van der Waals surface area contributed by atoms with Gasteiger partial charge in [0.2, 0.25) is 0 Å². The Morgan fingerprint density at radius 3 is 2.74 bits per heavy atom. The number of ether oxygens (including phenoxy) is 1. The first-order valence-corrected chi connectivity index (χ1v) is 5.92. The van der Waals surface area contributed by atoms with Crippen molar-refractivity contribution in [2.24, 2.45) is 0 Å². The molecule has 1 aromatic heterocycles. The third-order valence-corrected chi connectivity index (χ3v) is 3.13. The van der Waals surface area contributed by atoms with E-state index in [0.29, 0.717) is 21.4 Å². The number of aromatic carboxylic acids is 1. The number of halogens is 2. The molecular formula is C11H9Cl2N3O3. The summed E-state index contributed by atoms with van der Waals surface area (Å²) in [5.41, 5.74) is 0.725. The first kappa shape index (κ1) is 13.8. The number of carboxylic acids is 1. The molecule has 0 bridgehead atoms. The minimum absolute atomic E-state index is 0.0644. The molecule has 1 heterocycles. The Morgan fingerprint density at radius 1 is 1.42 bits per heavy atom. The summed E-state index contributed by atoms with van der Waals surface area (Å²) < 4.78 is 6.33. The molecule has 0 aliphatic heterocycles. The van der Waals surface area contributed by atoms with Crippen LogP contribution in [0.4, 0.5) is 0 Å². The Balaban J connectivity index is 2.55. The molecule has 0 saturated heterocycles. The molecule has 0 fully saturated rings. The van der Waals surface area contributed by atoms with Gasteiger partial charge in [0.15, 0.2) is 5.69 Å². The van der Waals surface area contributed by atoms with Crippen molar-refractivity contribution in [1.29, 1.82) is 0 Å². The van der Waals surface area contributed by atoms with Crippen LogP contribution in [0.25, 0.3) is 5.69 Å². The Bertz CT molecular complexity index is 628. The number of carboxylic acid groups (broad SMARTS) is 1. The molecule has 2 rings (SSSR count). The van der Waals surface area contributed by atoms with Crippen LogP contribution in [-0.4, -0.2) is 33.2 Å². The summed E-state index contributed by atoms with van der Waals surface area (Å²) >= 11 is 11.8. The zero-order valence-corrected chi connectivity index (χ0v) is 11.3. The van der Waals surface area contributed by atoms with Crippen LogP contribution in [0.15, 0.2) is 18.2 Å². The van der Waals surface area contributed by atoms with Gasteiger partial charge in [0.1, 0.15) is 5.69 Å². The van der Waals surface area contributed by atoms with E-state index < -0.39 is 5.97 Å². The third-order valence-electron chi connectivity index (χ3n) is 2.39. The molecule has 1 N–H and O–H groups in total. The molecule has 0 radical (unpaired) electrons. The highest BCUT2D eigenvalue weighted by Crippen LogP contribution is 2.25. The number of nitrogens with zero attached hydrogens (tertiary/aromatic N) is 3. The smallest absolute Gasteiger partial charge is 0.358 e. The van der Waals surface area contributed by atoms with Crippen molar-refractivity contribution >= 4 is 29.2 Å². The molecule has 0 spiro atoms. The number of hydrogen-bond acceptors (Lipinski definition) is 4. The van der Waals surface area contributed by atoms with Crippen LogP contribution in [0.1, 0.15) is 16.2 Å². The van der Waals surface area contributed by atoms with Gasteiger partial charge in [-0.3, -0.25) is 0 Å². The molecule has 0 aliphatic rings. The zero-order valence-electron chi connectivity index (χ0n) is 9.80. The molecule has 0 unspecified atom stereocenters. The first-order valence-electron chi connectivity index (χ1n) is 5.17. The lowest BCUT2D eigenvalue weighted by Gasteiger charge is -2.07. The largest absolute Gasteiger partial charge is 0.476 e. The monoisotopic (exact) mass is 301 g/mol. The van der Waals surface area contributed by atoms with Crippen LogP contribution in [0.2, 0.25) is 10.0 Å². The zero-order chi connectivity index (χ0) is 14.0. The Kier molecular flexibility index (Phi) is 4.04. The fourth-order valence-electron chi connectivity index (χ4n) is 1.56. The molecule has 1 aromatic carbocycles. The highest BCUT2D eigenvalue weighted by molar-refractivity contribution is 6.42. The standard InChI is InChI=1S/C11H9Cl2N3O3/c1-19-5-9-10(11(17)18)14-15-16(9)6-2-3-7(12)8(13)4-6/h2-4H,5H2,1H3,(H,17,18). The van der Waals surface area contributed by atoms with E-state index in [0.717, 1.165) is 0 Å². The summed E-state index contributed by atoms with van der Waals surface area (Å²) in [6.07, 6.45) is 0. The van der Waals surface area contributed by atoms with Gasteiger partial charge >= 0.3 is 5.97 Å². The maximum Gasteiger partial charge on any atom is 0.358 e. The van der Waals surface area contributed by atoms with Crippen LogP contribution in [-0.2, 0) is 11.3 Å². The fourth-order valence-corrected chi connectivity index (χ4v) is 1.85. The second-order valence-electron chi connectivity index (χ2n) is 3.63. The highest BCUT2D eigenvalue weighted by Gasteiger charge is 2.20. The van der Waals surface area contributed by atoms with Gasteiger partial charge in [-0.1, -0.05) is 28.4 Å². The van der Waals surface area contributed by atoms with Gasteiger partial charge in [-0.2, -0.15) is 0 Å². The summed E-state index contributed by atoms with van der Waals surface area (Å²) in [6.45, 7) is 0.0644. The van der Waals surface area contributed by atoms with E-state index in [2.05, 4.69) is 10.3 Å². The van der Waals surface area contributed by atoms with Gasteiger partial charge in [0.25, 0.3) is 0 Å². The molecule has 0 amide bonds. The summed E-state index contributed by atoms with van der Waals surface area (Å²) in [7, 11) is 1.46. The SMILES string of the molecule is COCc1c(C(=O)O)nnn1-c1ccc(Cl)c(Cl)c1. The fraction of sp³-hybridized carbons (Fsp3) is 0.182. The average molecular weight is 302 g/mol. The van der Waals surface area contributed by atoms with Gasteiger partial charge in [-0.25, -0.2) is 9.48 Å². The van der Waals surface area contributed by atoms with E-state index in [1.807, 2.05) is 0 Å². The van der Waals surface area contributed by atoms with Crippen molar-refractivity contribution < 1.29 is 14.6 Å². The van der Waals surface area contributed by atoms with E-state index in [1.165, 1.54) is 11.8 Å². The van der Waals surface area contributed by atoms with E-state index in [1.54, 1.807) is 18.2 Å². The van der Waals surface area contributed by atoms with Crippen molar-refractivity contribution in [3.05, 3.63) is 39.6 Å². The number of rotatable bonds is 4. The quantitative estimate of drug-likeness (QED) is 0.938. The highest BCUT2D eigenvalue weighted by atomic mass is 35.5. The molecule has 19 heavy (non-hydrogen) atoms. The maximum atomic E-state index is 11.0. The predicted molar refractivity (Wildman–Crippen MR) is 69.1 cm³/mol. The lowest BCUT2D eigenvalue weighted by Crippen LogP contribution is -2.07. The second kappa shape index (κ2) is 5.56. The number of aromatic nitrogens is 3. The summed E-state index contributed by atoms with van der Waals surface area (Å²) in [5, 5.41) is 17.2. The van der Waals surface area contributed by atoms with Gasteiger partial charge in [-0.15, -0.1) is 5.10 Å². The summed E-state index contributed by atoms with van der Waals surface area (Å²) in [4.78, 5) is 11.0. The average Bonchev–Trinajstić information content (AvgIpc) is 2.77. The van der Waals surface area contributed by atoms with Gasteiger partial charge in [-0.05, 0) is 18.2 Å². The Morgan fingerprint density at radius 2 is 2.16 bits per heavy atom. The van der Waals surface area contributed by atoms with Crippen molar-refractivity contribution in [3.63, 3.8) is 0 Å². The van der Waals surface area contributed by atoms with Crippen LogP contribution in [0.5, 0.6) is 0 Å². The minimum atomic E-state index is -1.17. The lowest BCUT2D eigenvalue weighted by atomic mass is 10.3. The van der Waals surface area contributed by atoms with Crippen molar-refractivity contribution in [3.8, 4) is 5.69 Å². The number of methoxy groups -OCH3 is 1. The van der Waals surface area contributed by atoms with Crippen molar-refractivity contribution in [1.82, 2.24) is 15.0 Å². The summed E-state index contributed by atoms with van der Waals surface area (Å²) in [6, 6.07) is 4.83. The van der Waals surface area contributed by atoms with Gasteiger partial charge < -0.3 is 9.84 Å². The van der Waals surface area contributed by atoms with Crippen molar-refractivity contribution in [2.75, 3.05) is 7.11 Å². The molecular weight excluding hydrogens is 293 g/mol. The minimum Gasteiger partial charge on any atom is -0.476 e. The normalized spacial score (nSPS) is 10.7. The van der Waals surface area contributed by atoms with Crippen LogP contribution < -0.4 is 0 Å². The van der Waals surface area contributed by atoms with E-state index >= 15 is 0 Å². The van der Waals surface area contributed by atoms with Gasteiger partial charge in [0, 0.05) is 7.11 Å². The topological polar surface area (TPSA) is 77.2 Å². The lowest BCUT2D eigenvalue weighted by molar-refractivity contribution is 0.0685. The predicted octanol–water partition coefficient (Wildman–Crippen LogP) is 2.42. The molecule has 6 nitrogen and oxygen atoms in total. The van der Waals surface area contributed by atoms with Gasteiger partial charge in [0.05, 0.1) is 22.3 Å². The summed E-state index contributed by atoms with van der Waals surface area (Å²) in [5.74, 6) is -1.17. The van der Waals surface area contributed by atoms with Crippen molar-refractivity contribution in [2.45, 2.75) is 6.61 Å². The number of benzene rings is 1. The Labute approximate surface area is 118 Å². The van der Waals surface area contributed by atoms with Crippen LogP contribution in [0, 0.1) is 0 Å². The van der Waals surface area contributed by atoms with E-state index in [-0.39, 0.29) is 12.3 Å². The number of carbonyl (C=O) groups is 1. The molecule has 0 saturated carbocycles. The van der Waals surface area contributed by atoms with Crippen LogP contribution >= 0.6 is 23.2 Å². The molecule has 0 atom stereocenters. The van der Waals surface area contributed by atoms with Crippen LogP contribution in [0.3, 0.4) is 0 Å². The molecule has 0 aliphatic carbocycles.